The van der Waals surface area contributed by atoms with Gasteiger partial charge in [0.25, 0.3) is 0 Å². The van der Waals surface area contributed by atoms with Crippen LogP contribution in [-0.2, 0) is 24.3 Å². The zero-order chi connectivity index (χ0) is 20.1. The van der Waals surface area contributed by atoms with Crippen molar-refractivity contribution in [1.29, 1.82) is 0 Å². The molecule has 0 saturated heterocycles. The zero-order valence-corrected chi connectivity index (χ0v) is 16.2. The van der Waals surface area contributed by atoms with Gasteiger partial charge >= 0.3 is 0 Å². The molecule has 8 nitrogen and oxygen atoms in total. The molecule has 2 aromatic heterocycles. The Morgan fingerprint density at radius 3 is 3.10 bits per heavy atom. The minimum Gasteiger partial charge on any atom is -0.467 e. The first-order valence-electron chi connectivity index (χ1n) is 9.57. The number of nitrogens with one attached hydrogen (secondary N) is 2. The Morgan fingerprint density at radius 2 is 2.21 bits per heavy atom. The molecule has 0 atom stereocenters. The van der Waals surface area contributed by atoms with Crippen molar-refractivity contribution < 1.29 is 13.9 Å². The number of fused-ring (bicyclic) bond motifs is 2. The van der Waals surface area contributed by atoms with Crippen molar-refractivity contribution in [2.75, 3.05) is 19.9 Å². The predicted octanol–water partition coefficient (Wildman–Crippen LogP) is 2.03. The van der Waals surface area contributed by atoms with Crippen LogP contribution in [-0.4, -0.2) is 40.4 Å². The maximum absolute atomic E-state index is 13.9. The molecule has 1 aliphatic heterocycles. The van der Waals surface area contributed by atoms with E-state index in [1.807, 2.05) is 35.7 Å². The monoisotopic (exact) mass is 398 g/mol. The van der Waals surface area contributed by atoms with Gasteiger partial charge in [-0.2, -0.15) is 0 Å². The van der Waals surface area contributed by atoms with Gasteiger partial charge in [-0.1, -0.05) is 6.07 Å². The summed E-state index contributed by atoms with van der Waals surface area (Å²) >= 11 is 0. The molecule has 4 rings (SSSR count). The molecule has 0 radical (unpaired) electrons. The highest BCUT2D eigenvalue weighted by Gasteiger charge is 2.16. The maximum Gasteiger partial charge on any atom is 0.191 e. The molecule has 0 fully saturated rings. The fraction of sp³-hybridized carbons (Fsp3) is 0.350. The first-order chi connectivity index (χ1) is 14.2. The SMILES string of the molecule is CCNC(=NCc1nnc2ccccn12)NCCc1cc(F)cc2c1OCOC2. The van der Waals surface area contributed by atoms with E-state index < -0.39 is 0 Å². The van der Waals surface area contributed by atoms with Crippen molar-refractivity contribution in [2.24, 2.45) is 4.99 Å². The van der Waals surface area contributed by atoms with Crippen LogP contribution in [0.5, 0.6) is 5.75 Å². The normalized spacial score (nSPS) is 13.8. The molecule has 0 spiro atoms. The van der Waals surface area contributed by atoms with Crippen molar-refractivity contribution >= 4 is 11.6 Å². The van der Waals surface area contributed by atoms with Gasteiger partial charge in [-0.05, 0) is 43.2 Å². The second-order valence-electron chi connectivity index (χ2n) is 6.58. The standard InChI is InChI=1S/C20H23FN6O2/c1-2-22-20(24-11-18-26-25-17-5-3-4-8-27(17)18)23-7-6-14-9-16(21)10-15-12-28-13-29-19(14)15/h3-5,8-10H,2,6-7,11-13H2,1H3,(H2,22,23,24). The minimum absolute atomic E-state index is 0.190. The molecule has 0 unspecified atom stereocenters. The van der Waals surface area contributed by atoms with Gasteiger partial charge in [0.2, 0.25) is 0 Å². The highest BCUT2D eigenvalue weighted by molar-refractivity contribution is 5.79. The number of hydrogen-bond donors (Lipinski definition) is 2. The number of nitrogens with zero attached hydrogens (tertiary/aromatic N) is 4. The van der Waals surface area contributed by atoms with E-state index in [2.05, 4.69) is 25.8 Å². The summed E-state index contributed by atoms with van der Waals surface area (Å²) in [5, 5.41) is 14.8. The number of benzene rings is 1. The van der Waals surface area contributed by atoms with Crippen LogP contribution in [0, 0.1) is 5.82 Å². The Hall–Kier alpha value is -3.20. The van der Waals surface area contributed by atoms with Gasteiger partial charge in [0.05, 0.1) is 6.61 Å². The first kappa shape index (κ1) is 19.1. The smallest absolute Gasteiger partial charge is 0.191 e. The number of rotatable bonds is 6. The molecule has 1 aliphatic rings. The number of pyridine rings is 1. The van der Waals surface area contributed by atoms with Gasteiger partial charge in [-0.15, -0.1) is 10.2 Å². The molecule has 1 aromatic carbocycles. The average Bonchev–Trinajstić information content (AvgIpc) is 3.15. The number of hydrogen-bond acceptors (Lipinski definition) is 5. The fourth-order valence-electron chi connectivity index (χ4n) is 3.25. The van der Waals surface area contributed by atoms with Crippen LogP contribution in [0.15, 0.2) is 41.5 Å². The number of aromatic nitrogens is 3. The average molecular weight is 398 g/mol. The van der Waals surface area contributed by atoms with Gasteiger partial charge in [0, 0.05) is 24.8 Å². The Balaban J connectivity index is 1.41. The highest BCUT2D eigenvalue weighted by Crippen LogP contribution is 2.29. The summed E-state index contributed by atoms with van der Waals surface area (Å²) in [7, 11) is 0. The highest BCUT2D eigenvalue weighted by atomic mass is 19.1. The molecule has 0 saturated carbocycles. The van der Waals surface area contributed by atoms with E-state index in [4.69, 9.17) is 9.47 Å². The first-order valence-corrected chi connectivity index (χ1v) is 9.57. The van der Waals surface area contributed by atoms with Crippen LogP contribution in [0.4, 0.5) is 4.39 Å². The van der Waals surface area contributed by atoms with Crippen molar-refractivity contribution in [3.8, 4) is 5.75 Å². The molecule has 29 heavy (non-hydrogen) atoms. The topological polar surface area (TPSA) is 85.1 Å². The van der Waals surface area contributed by atoms with E-state index >= 15 is 0 Å². The van der Waals surface area contributed by atoms with E-state index in [1.165, 1.54) is 12.1 Å². The molecule has 3 heterocycles. The van der Waals surface area contributed by atoms with Gasteiger partial charge in [0.15, 0.2) is 24.2 Å². The van der Waals surface area contributed by atoms with Crippen LogP contribution in [0.3, 0.4) is 0 Å². The molecular formula is C20H23FN6O2. The van der Waals surface area contributed by atoms with Crippen LogP contribution < -0.4 is 15.4 Å². The second kappa shape index (κ2) is 8.87. The fourth-order valence-corrected chi connectivity index (χ4v) is 3.25. The lowest BCUT2D eigenvalue weighted by Crippen LogP contribution is -2.38. The van der Waals surface area contributed by atoms with Crippen molar-refractivity contribution in [3.05, 3.63) is 59.3 Å². The third-order valence-corrected chi connectivity index (χ3v) is 4.55. The Kier molecular flexibility index (Phi) is 5.85. The molecular weight excluding hydrogens is 375 g/mol. The lowest BCUT2D eigenvalue weighted by Gasteiger charge is -2.21. The molecule has 152 valence electrons. The number of halogens is 1. The molecule has 0 amide bonds. The van der Waals surface area contributed by atoms with Crippen molar-refractivity contribution in [3.63, 3.8) is 0 Å². The Bertz CT molecular complexity index is 1020. The van der Waals surface area contributed by atoms with E-state index in [-0.39, 0.29) is 12.6 Å². The van der Waals surface area contributed by atoms with Crippen LogP contribution in [0.1, 0.15) is 23.9 Å². The van der Waals surface area contributed by atoms with Crippen molar-refractivity contribution in [1.82, 2.24) is 25.2 Å². The van der Waals surface area contributed by atoms with E-state index in [9.17, 15) is 4.39 Å². The number of aliphatic imine (C=N–C) groups is 1. The van der Waals surface area contributed by atoms with Crippen LogP contribution in [0.2, 0.25) is 0 Å². The summed E-state index contributed by atoms with van der Waals surface area (Å²) in [5.41, 5.74) is 2.34. The minimum atomic E-state index is -0.285. The van der Waals surface area contributed by atoms with Crippen molar-refractivity contribution in [2.45, 2.75) is 26.5 Å². The van der Waals surface area contributed by atoms with Crippen LogP contribution in [0.25, 0.3) is 5.65 Å². The quantitative estimate of drug-likeness (QED) is 0.488. The molecule has 3 aromatic rings. The summed E-state index contributed by atoms with van der Waals surface area (Å²) in [6.45, 7) is 4.24. The van der Waals surface area contributed by atoms with Gasteiger partial charge in [-0.25, -0.2) is 9.38 Å². The second-order valence-corrected chi connectivity index (χ2v) is 6.58. The van der Waals surface area contributed by atoms with E-state index in [0.717, 1.165) is 34.9 Å². The summed E-state index contributed by atoms with van der Waals surface area (Å²) in [5.74, 6) is 1.85. The number of ether oxygens (including phenoxy) is 2. The molecule has 0 bridgehead atoms. The van der Waals surface area contributed by atoms with Gasteiger partial charge < -0.3 is 20.1 Å². The molecule has 0 aliphatic carbocycles. The third kappa shape index (κ3) is 4.45. The lowest BCUT2D eigenvalue weighted by atomic mass is 10.1. The Labute approximate surface area is 167 Å². The Morgan fingerprint density at radius 1 is 1.28 bits per heavy atom. The zero-order valence-electron chi connectivity index (χ0n) is 16.2. The third-order valence-electron chi connectivity index (χ3n) is 4.55. The molecule has 2 N–H and O–H groups in total. The van der Waals surface area contributed by atoms with E-state index in [1.54, 1.807) is 0 Å². The van der Waals surface area contributed by atoms with E-state index in [0.29, 0.717) is 32.1 Å². The summed E-state index contributed by atoms with van der Waals surface area (Å²) in [4.78, 5) is 4.59. The van der Waals surface area contributed by atoms with Gasteiger partial charge in [0.1, 0.15) is 18.1 Å². The van der Waals surface area contributed by atoms with Crippen LogP contribution >= 0.6 is 0 Å². The summed E-state index contributed by atoms with van der Waals surface area (Å²) in [6.07, 6.45) is 2.51. The summed E-state index contributed by atoms with van der Waals surface area (Å²) in [6, 6.07) is 8.72. The predicted molar refractivity (Wildman–Crippen MR) is 106 cm³/mol. The summed E-state index contributed by atoms with van der Waals surface area (Å²) < 4.78 is 26.6. The molecule has 9 heteroatoms. The largest absolute Gasteiger partial charge is 0.467 e. The maximum atomic E-state index is 13.9. The number of guanidine groups is 1. The lowest BCUT2D eigenvalue weighted by molar-refractivity contribution is -0.0172. The van der Waals surface area contributed by atoms with Gasteiger partial charge in [-0.3, -0.25) is 4.40 Å².